The Labute approximate surface area is 51.0 Å². The maximum absolute atomic E-state index is 5.48. The lowest BCUT2D eigenvalue weighted by molar-refractivity contribution is 0.191. The smallest absolute Gasteiger partial charge is 0.0462 e. The lowest BCUT2D eigenvalue weighted by atomic mass is 10.2. The molecule has 0 aliphatic heterocycles. The molecular weight excluding hydrogens is 102 g/mol. The van der Waals surface area contributed by atoms with E-state index in [1.54, 1.807) is 7.11 Å². The van der Waals surface area contributed by atoms with Crippen LogP contribution in [0.4, 0.5) is 0 Å². The Morgan fingerprint density at radius 3 is 2.62 bits per heavy atom. The molecule has 1 unspecified atom stereocenters. The fraction of sp³-hybridized carbons (Fsp3) is 1.00. The summed E-state index contributed by atoms with van der Waals surface area (Å²) in [6.07, 6.45) is 2.14. The highest BCUT2D eigenvalue weighted by Crippen LogP contribution is 1.91. The van der Waals surface area contributed by atoms with Gasteiger partial charge in [-0.1, -0.05) is 0 Å². The van der Waals surface area contributed by atoms with Crippen molar-refractivity contribution in [1.29, 1.82) is 0 Å². The van der Waals surface area contributed by atoms with Crippen molar-refractivity contribution >= 4 is 0 Å². The predicted octanol–water partition coefficient (Wildman–Crippen LogP) is 0.760. The summed E-state index contributed by atoms with van der Waals surface area (Å²) < 4.78 is 4.84. The van der Waals surface area contributed by atoms with Crippen LogP contribution in [0.25, 0.3) is 0 Å². The Morgan fingerprint density at radius 1 is 1.62 bits per heavy atom. The second kappa shape index (κ2) is 5.06. The number of hydrogen-bond donors (Lipinski definition) is 1. The zero-order valence-electron chi connectivity index (χ0n) is 5.68. The lowest BCUT2D eigenvalue weighted by Gasteiger charge is -2.01. The summed E-state index contributed by atoms with van der Waals surface area (Å²) in [5.74, 6) is 0. The van der Waals surface area contributed by atoms with Crippen molar-refractivity contribution in [2.24, 2.45) is 5.73 Å². The van der Waals surface area contributed by atoms with E-state index in [1.165, 1.54) is 0 Å². The van der Waals surface area contributed by atoms with Crippen LogP contribution < -0.4 is 5.73 Å². The van der Waals surface area contributed by atoms with Gasteiger partial charge in [-0.15, -0.1) is 0 Å². The first kappa shape index (κ1) is 7.92. The van der Waals surface area contributed by atoms with Gasteiger partial charge in [-0.25, -0.2) is 0 Å². The topological polar surface area (TPSA) is 35.2 Å². The third-order valence-electron chi connectivity index (χ3n) is 1.01. The molecule has 0 saturated heterocycles. The van der Waals surface area contributed by atoms with Gasteiger partial charge < -0.3 is 10.5 Å². The molecule has 0 saturated carbocycles. The maximum Gasteiger partial charge on any atom is 0.0462 e. The average molecular weight is 117 g/mol. The summed E-state index contributed by atoms with van der Waals surface area (Å²) in [6, 6.07) is 0.324. The molecule has 2 nitrogen and oxygen atoms in total. The van der Waals surface area contributed by atoms with Gasteiger partial charge in [-0.3, -0.25) is 0 Å². The number of methoxy groups -OCH3 is 1. The molecule has 0 heterocycles. The molecule has 2 heteroatoms. The van der Waals surface area contributed by atoms with Crippen molar-refractivity contribution in [3.63, 3.8) is 0 Å². The van der Waals surface area contributed by atoms with Gasteiger partial charge in [-0.05, 0) is 19.8 Å². The van der Waals surface area contributed by atoms with E-state index in [1.807, 2.05) is 6.92 Å². The molecule has 0 aromatic carbocycles. The van der Waals surface area contributed by atoms with Gasteiger partial charge in [0.25, 0.3) is 0 Å². The van der Waals surface area contributed by atoms with Crippen LogP contribution in [-0.4, -0.2) is 19.8 Å². The molecule has 0 aromatic rings. The van der Waals surface area contributed by atoms with Crippen LogP contribution in [-0.2, 0) is 4.74 Å². The van der Waals surface area contributed by atoms with Crippen molar-refractivity contribution in [1.82, 2.24) is 0 Å². The van der Waals surface area contributed by atoms with Gasteiger partial charge >= 0.3 is 0 Å². The summed E-state index contributed by atoms with van der Waals surface area (Å²) in [7, 11) is 1.71. The van der Waals surface area contributed by atoms with Crippen LogP contribution in [0.3, 0.4) is 0 Å². The Balaban J connectivity index is 2.72. The Hall–Kier alpha value is -0.0800. The van der Waals surface area contributed by atoms with E-state index >= 15 is 0 Å². The molecular formula is C6H15NO. The van der Waals surface area contributed by atoms with E-state index in [0.29, 0.717) is 6.04 Å². The van der Waals surface area contributed by atoms with Gasteiger partial charge in [0.05, 0.1) is 0 Å². The number of ether oxygens (including phenoxy) is 1. The van der Waals surface area contributed by atoms with Crippen LogP contribution in [0.1, 0.15) is 19.8 Å². The first-order valence-corrected chi connectivity index (χ1v) is 3.02. The average Bonchev–Trinajstić information content (AvgIpc) is 1.66. The minimum atomic E-state index is 0.324. The molecule has 0 aliphatic carbocycles. The third kappa shape index (κ3) is 5.92. The number of hydrogen-bond acceptors (Lipinski definition) is 2. The van der Waals surface area contributed by atoms with E-state index in [9.17, 15) is 0 Å². The van der Waals surface area contributed by atoms with Crippen LogP contribution in [0.2, 0.25) is 0 Å². The van der Waals surface area contributed by atoms with Crippen molar-refractivity contribution in [3.05, 3.63) is 0 Å². The van der Waals surface area contributed by atoms with Crippen LogP contribution >= 0.6 is 0 Å². The summed E-state index contributed by atoms with van der Waals surface area (Å²) in [5.41, 5.74) is 5.48. The molecule has 2 N–H and O–H groups in total. The quantitative estimate of drug-likeness (QED) is 0.552. The van der Waals surface area contributed by atoms with Crippen LogP contribution in [0.5, 0.6) is 0 Å². The summed E-state index contributed by atoms with van der Waals surface area (Å²) in [4.78, 5) is 0. The number of nitrogens with two attached hydrogens (primary N) is 1. The van der Waals surface area contributed by atoms with Gasteiger partial charge in [0, 0.05) is 19.8 Å². The van der Waals surface area contributed by atoms with Gasteiger partial charge in [-0.2, -0.15) is 0 Å². The molecule has 0 spiro atoms. The molecule has 0 aromatic heterocycles. The second-order valence-corrected chi connectivity index (χ2v) is 2.11. The largest absolute Gasteiger partial charge is 0.385 e. The van der Waals surface area contributed by atoms with Crippen LogP contribution in [0.15, 0.2) is 0 Å². The maximum atomic E-state index is 5.48. The summed E-state index contributed by atoms with van der Waals surface area (Å²) in [6.45, 7) is 2.84. The second-order valence-electron chi connectivity index (χ2n) is 2.11. The van der Waals surface area contributed by atoms with Gasteiger partial charge in [0.1, 0.15) is 0 Å². The Morgan fingerprint density at radius 2 is 2.25 bits per heavy atom. The van der Waals surface area contributed by atoms with E-state index in [4.69, 9.17) is 10.5 Å². The fourth-order valence-corrected chi connectivity index (χ4v) is 0.550. The van der Waals surface area contributed by atoms with Crippen molar-refractivity contribution < 1.29 is 4.74 Å². The molecule has 8 heavy (non-hydrogen) atoms. The molecule has 0 rings (SSSR count). The molecule has 1 atom stereocenters. The normalized spacial score (nSPS) is 13.9. The van der Waals surface area contributed by atoms with Crippen molar-refractivity contribution in [2.45, 2.75) is 25.8 Å². The van der Waals surface area contributed by atoms with Gasteiger partial charge in [0.2, 0.25) is 0 Å². The fourth-order valence-electron chi connectivity index (χ4n) is 0.550. The molecule has 0 fully saturated rings. The molecule has 50 valence electrons. The summed E-state index contributed by atoms with van der Waals surface area (Å²) >= 11 is 0. The standard InChI is InChI=1S/C6H15NO/c1-6(7)4-3-5-8-2/h6H,3-5,7H2,1-2H3. The highest BCUT2D eigenvalue weighted by atomic mass is 16.5. The number of rotatable bonds is 4. The predicted molar refractivity (Wildman–Crippen MR) is 34.8 cm³/mol. The van der Waals surface area contributed by atoms with E-state index in [0.717, 1.165) is 19.4 Å². The monoisotopic (exact) mass is 117 g/mol. The first-order chi connectivity index (χ1) is 3.77. The molecule has 0 radical (unpaired) electrons. The zero-order chi connectivity index (χ0) is 6.41. The summed E-state index contributed by atoms with van der Waals surface area (Å²) in [5, 5.41) is 0. The van der Waals surface area contributed by atoms with E-state index < -0.39 is 0 Å². The first-order valence-electron chi connectivity index (χ1n) is 3.02. The molecule has 0 bridgehead atoms. The van der Waals surface area contributed by atoms with Crippen LogP contribution in [0, 0.1) is 0 Å². The lowest BCUT2D eigenvalue weighted by Crippen LogP contribution is -2.14. The Kier molecular flexibility index (Phi) is 5.01. The zero-order valence-corrected chi connectivity index (χ0v) is 5.68. The van der Waals surface area contributed by atoms with Crippen molar-refractivity contribution in [2.75, 3.05) is 13.7 Å². The third-order valence-corrected chi connectivity index (χ3v) is 1.01. The highest BCUT2D eigenvalue weighted by molar-refractivity contribution is 4.50. The SMILES string of the molecule is COCCCC(C)N. The Bertz CT molecular complexity index is 45.8. The minimum Gasteiger partial charge on any atom is -0.385 e. The van der Waals surface area contributed by atoms with Crippen molar-refractivity contribution in [3.8, 4) is 0 Å². The highest BCUT2D eigenvalue weighted by Gasteiger charge is 1.90. The van der Waals surface area contributed by atoms with E-state index in [-0.39, 0.29) is 0 Å². The van der Waals surface area contributed by atoms with Gasteiger partial charge in [0.15, 0.2) is 0 Å². The molecule has 0 amide bonds. The van der Waals surface area contributed by atoms with E-state index in [2.05, 4.69) is 0 Å². The molecule has 0 aliphatic rings. The minimum absolute atomic E-state index is 0.324.